The van der Waals surface area contributed by atoms with Crippen LogP contribution in [0.3, 0.4) is 0 Å². The molecule has 2 heterocycles. The number of hydrogen-bond donors (Lipinski definition) is 1. The minimum absolute atomic E-state index is 0.290. The van der Waals surface area contributed by atoms with Gasteiger partial charge in [-0.25, -0.2) is 14.8 Å². The van der Waals surface area contributed by atoms with Crippen LogP contribution in [-0.2, 0) is 14.3 Å². The van der Waals surface area contributed by atoms with E-state index >= 15 is 0 Å². The largest absolute Gasteiger partial charge is 0.476 e. The fourth-order valence-corrected chi connectivity index (χ4v) is 3.02. The van der Waals surface area contributed by atoms with Gasteiger partial charge in [0.1, 0.15) is 12.0 Å². The van der Waals surface area contributed by atoms with E-state index in [4.69, 9.17) is 15.2 Å². The van der Waals surface area contributed by atoms with Crippen molar-refractivity contribution in [3.8, 4) is 0 Å². The smallest absolute Gasteiger partial charge is 0.338 e. The van der Waals surface area contributed by atoms with Crippen LogP contribution >= 0.6 is 0 Å². The molecule has 2 aliphatic heterocycles. The lowest BCUT2D eigenvalue weighted by atomic mass is 9.93. The summed E-state index contributed by atoms with van der Waals surface area (Å²) in [6.45, 7) is 6.16. The maximum atomic E-state index is 12.6. The number of ether oxygens (including phenoxy) is 2. The lowest BCUT2D eigenvalue weighted by Gasteiger charge is -2.37. The molecule has 1 aromatic carbocycles. The monoisotopic (exact) mass is 354 g/mol. The first-order chi connectivity index (χ1) is 12.6. The summed E-state index contributed by atoms with van der Waals surface area (Å²) >= 11 is 0. The molecule has 7 nitrogen and oxygen atoms in total. The Hall–Kier alpha value is -3.09. The predicted octanol–water partition coefficient (Wildman–Crippen LogP) is 2.49. The number of nitrogens with zero attached hydrogens (tertiary/aromatic N) is 3. The van der Waals surface area contributed by atoms with Gasteiger partial charge in [0.25, 0.3) is 0 Å². The first-order valence-corrected chi connectivity index (χ1v) is 8.55. The minimum atomic E-state index is -0.423. The fourth-order valence-electron chi connectivity index (χ4n) is 3.02. The SMILES string of the molecule is CCOC(=O)C1=C(C)N=C2C(N)=C(OCC)N=CN2C1c1ccccc1. The van der Waals surface area contributed by atoms with Crippen molar-refractivity contribution in [2.45, 2.75) is 26.8 Å². The Bertz CT molecular complexity index is 824. The van der Waals surface area contributed by atoms with Crippen LogP contribution in [0.2, 0.25) is 0 Å². The Balaban J connectivity index is 2.15. The van der Waals surface area contributed by atoms with E-state index in [-0.39, 0.29) is 6.61 Å². The van der Waals surface area contributed by atoms with E-state index < -0.39 is 12.0 Å². The lowest BCUT2D eigenvalue weighted by Crippen LogP contribution is -2.44. The van der Waals surface area contributed by atoms with E-state index in [0.29, 0.717) is 35.3 Å². The molecule has 0 aliphatic carbocycles. The third-order valence-electron chi connectivity index (χ3n) is 4.12. The van der Waals surface area contributed by atoms with Gasteiger partial charge < -0.3 is 20.1 Å². The molecule has 0 spiro atoms. The summed E-state index contributed by atoms with van der Waals surface area (Å²) in [6.07, 6.45) is 1.60. The first kappa shape index (κ1) is 17.7. The molecule has 3 rings (SSSR count). The summed E-state index contributed by atoms with van der Waals surface area (Å²) in [5.41, 5.74) is 8.54. The van der Waals surface area contributed by atoms with E-state index in [2.05, 4.69) is 9.98 Å². The van der Waals surface area contributed by atoms with Crippen LogP contribution in [0.25, 0.3) is 0 Å². The third-order valence-corrected chi connectivity index (χ3v) is 4.12. The molecule has 0 amide bonds. The van der Waals surface area contributed by atoms with Crippen LogP contribution in [0, 0.1) is 0 Å². The fraction of sp³-hybridized carbons (Fsp3) is 0.316. The topological polar surface area (TPSA) is 89.5 Å². The van der Waals surface area contributed by atoms with Gasteiger partial charge >= 0.3 is 5.97 Å². The van der Waals surface area contributed by atoms with Gasteiger partial charge in [-0.15, -0.1) is 0 Å². The number of benzene rings is 1. The van der Waals surface area contributed by atoms with Crippen LogP contribution in [0.1, 0.15) is 32.4 Å². The average molecular weight is 354 g/mol. The van der Waals surface area contributed by atoms with Crippen molar-refractivity contribution in [2.24, 2.45) is 15.7 Å². The first-order valence-electron chi connectivity index (χ1n) is 8.55. The van der Waals surface area contributed by atoms with E-state index in [9.17, 15) is 4.79 Å². The molecule has 1 atom stereocenters. The molecule has 0 aromatic heterocycles. The lowest BCUT2D eigenvalue weighted by molar-refractivity contribution is -0.139. The number of amidine groups is 1. The molecule has 0 bridgehead atoms. The highest BCUT2D eigenvalue weighted by Crippen LogP contribution is 2.37. The molecule has 0 radical (unpaired) electrons. The maximum Gasteiger partial charge on any atom is 0.338 e. The van der Waals surface area contributed by atoms with Crippen molar-refractivity contribution < 1.29 is 14.3 Å². The van der Waals surface area contributed by atoms with Gasteiger partial charge in [-0.05, 0) is 26.3 Å². The molecule has 2 N–H and O–H groups in total. The van der Waals surface area contributed by atoms with Gasteiger partial charge in [-0.3, -0.25) is 0 Å². The number of esters is 1. The van der Waals surface area contributed by atoms with E-state index in [1.807, 2.05) is 37.3 Å². The third kappa shape index (κ3) is 3.08. The Morgan fingerprint density at radius 3 is 2.62 bits per heavy atom. The van der Waals surface area contributed by atoms with Gasteiger partial charge in [-0.1, -0.05) is 30.3 Å². The number of allylic oxidation sites excluding steroid dienone is 1. The van der Waals surface area contributed by atoms with E-state index in [1.54, 1.807) is 25.1 Å². The van der Waals surface area contributed by atoms with Crippen molar-refractivity contribution in [3.05, 3.63) is 58.7 Å². The van der Waals surface area contributed by atoms with Gasteiger partial charge in [0.2, 0.25) is 5.88 Å². The van der Waals surface area contributed by atoms with E-state index in [1.165, 1.54) is 0 Å². The highest BCUT2D eigenvalue weighted by molar-refractivity contribution is 6.09. The molecule has 0 saturated heterocycles. The average Bonchev–Trinajstić information content (AvgIpc) is 2.64. The number of nitrogens with two attached hydrogens (primary N) is 1. The van der Waals surface area contributed by atoms with Crippen molar-refractivity contribution in [1.29, 1.82) is 0 Å². The van der Waals surface area contributed by atoms with Crippen LogP contribution in [-0.4, -0.2) is 36.3 Å². The Labute approximate surface area is 152 Å². The normalized spacial score (nSPS) is 19.3. The zero-order valence-electron chi connectivity index (χ0n) is 15.1. The summed E-state index contributed by atoms with van der Waals surface area (Å²) in [5, 5.41) is 0. The van der Waals surface area contributed by atoms with Crippen molar-refractivity contribution in [3.63, 3.8) is 0 Å². The van der Waals surface area contributed by atoms with Crippen molar-refractivity contribution in [2.75, 3.05) is 13.2 Å². The molecule has 136 valence electrons. The number of aliphatic imine (C=N–C) groups is 2. The van der Waals surface area contributed by atoms with Gasteiger partial charge in [-0.2, -0.15) is 0 Å². The molecule has 1 aromatic rings. The zero-order chi connectivity index (χ0) is 18.7. The number of hydrogen-bond acceptors (Lipinski definition) is 7. The number of rotatable bonds is 5. The molecular weight excluding hydrogens is 332 g/mol. The summed E-state index contributed by atoms with van der Waals surface area (Å²) < 4.78 is 10.7. The van der Waals surface area contributed by atoms with E-state index in [0.717, 1.165) is 5.56 Å². The molecule has 7 heteroatoms. The molecule has 1 unspecified atom stereocenters. The molecule has 2 aliphatic rings. The zero-order valence-corrected chi connectivity index (χ0v) is 15.1. The highest BCUT2D eigenvalue weighted by atomic mass is 16.5. The summed E-state index contributed by atoms with van der Waals surface area (Å²) in [6, 6.07) is 9.24. The van der Waals surface area contributed by atoms with Crippen LogP contribution in [0.4, 0.5) is 0 Å². The second-order valence-electron chi connectivity index (χ2n) is 5.77. The number of carbonyl (C=O) groups is 1. The number of fused-ring (bicyclic) bond motifs is 1. The molecule has 0 saturated carbocycles. The maximum absolute atomic E-state index is 12.6. The van der Waals surface area contributed by atoms with Crippen molar-refractivity contribution in [1.82, 2.24) is 4.90 Å². The minimum Gasteiger partial charge on any atom is -0.476 e. The Morgan fingerprint density at radius 1 is 1.23 bits per heavy atom. The molecular formula is C19H22N4O3. The summed E-state index contributed by atoms with van der Waals surface area (Å²) in [7, 11) is 0. The standard InChI is InChI=1S/C19H22N4O3/c1-4-25-18-15(20)17-22-12(3)14(19(24)26-5-2)16(23(17)11-21-18)13-9-7-6-8-10-13/h6-11,16H,4-5,20H2,1-3H3. The predicted molar refractivity (Wildman–Crippen MR) is 99.1 cm³/mol. The van der Waals surface area contributed by atoms with Crippen molar-refractivity contribution >= 4 is 18.1 Å². The highest BCUT2D eigenvalue weighted by Gasteiger charge is 2.38. The second-order valence-corrected chi connectivity index (χ2v) is 5.77. The van der Waals surface area contributed by atoms with Gasteiger partial charge in [0, 0.05) is 0 Å². The quantitative estimate of drug-likeness (QED) is 0.821. The summed E-state index contributed by atoms with van der Waals surface area (Å²) in [4.78, 5) is 23.3. The van der Waals surface area contributed by atoms with Crippen LogP contribution in [0.15, 0.2) is 63.2 Å². The Morgan fingerprint density at radius 2 is 1.96 bits per heavy atom. The van der Waals surface area contributed by atoms with Gasteiger partial charge in [0.15, 0.2) is 5.84 Å². The van der Waals surface area contributed by atoms with Gasteiger partial charge in [0.05, 0.1) is 30.5 Å². The Kier molecular flexibility index (Phi) is 5.06. The molecule has 0 fully saturated rings. The number of carbonyl (C=O) groups excluding carboxylic acids is 1. The second kappa shape index (κ2) is 7.43. The summed E-state index contributed by atoms with van der Waals surface area (Å²) in [5.74, 6) is 0.456. The molecule has 26 heavy (non-hydrogen) atoms. The van der Waals surface area contributed by atoms with Crippen LogP contribution < -0.4 is 5.73 Å². The van der Waals surface area contributed by atoms with Crippen LogP contribution in [0.5, 0.6) is 0 Å².